The average Bonchev–Trinajstić information content (AvgIpc) is 2.29. The van der Waals surface area contributed by atoms with Crippen molar-refractivity contribution < 1.29 is 4.74 Å². The van der Waals surface area contributed by atoms with Gasteiger partial charge in [0.25, 0.3) is 0 Å². The fourth-order valence-corrected chi connectivity index (χ4v) is 2.83. The molecule has 0 spiro atoms. The maximum absolute atomic E-state index is 5.61. The maximum Gasteiger partial charge on any atom is 0.160 e. The Hall–Kier alpha value is -0.680. The number of methoxy groups -OCH3 is 1. The van der Waals surface area contributed by atoms with E-state index in [4.69, 9.17) is 9.72 Å². The molecule has 1 atom stereocenters. The van der Waals surface area contributed by atoms with Crippen molar-refractivity contribution in [2.24, 2.45) is 5.41 Å². The molecule has 0 aliphatic carbocycles. The van der Waals surface area contributed by atoms with E-state index in [1.54, 1.807) is 7.11 Å². The number of anilines is 1. The summed E-state index contributed by atoms with van der Waals surface area (Å²) in [6.45, 7) is 10.6. The molecule has 19 heavy (non-hydrogen) atoms. The van der Waals surface area contributed by atoms with Crippen LogP contribution in [0.15, 0.2) is 4.47 Å². The lowest BCUT2D eigenvalue weighted by Gasteiger charge is -2.29. The van der Waals surface area contributed by atoms with Gasteiger partial charge in [0.15, 0.2) is 5.82 Å². The molecule has 108 valence electrons. The van der Waals surface area contributed by atoms with Crippen molar-refractivity contribution in [2.45, 2.75) is 46.6 Å². The van der Waals surface area contributed by atoms with Crippen LogP contribution in [-0.2, 0) is 4.74 Å². The first kappa shape index (κ1) is 16.4. The van der Waals surface area contributed by atoms with Crippen LogP contribution in [0.25, 0.3) is 0 Å². The Balaban J connectivity index is 3.40. The van der Waals surface area contributed by atoms with Crippen LogP contribution in [0.3, 0.4) is 0 Å². The van der Waals surface area contributed by atoms with Gasteiger partial charge >= 0.3 is 0 Å². The number of aromatic nitrogens is 2. The van der Waals surface area contributed by atoms with Crippen LogP contribution in [-0.4, -0.2) is 24.1 Å². The quantitative estimate of drug-likeness (QED) is 0.901. The second-order valence-electron chi connectivity index (χ2n) is 6.02. The molecule has 1 heterocycles. The molecule has 0 saturated heterocycles. The third kappa shape index (κ3) is 3.66. The molecule has 0 bridgehead atoms. The van der Waals surface area contributed by atoms with Crippen molar-refractivity contribution in [3.63, 3.8) is 0 Å². The summed E-state index contributed by atoms with van der Waals surface area (Å²) >= 11 is 3.57. The zero-order valence-electron chi connectivity index (χ0n) is 12.8. The van der Waals surface area contributed by atoms with Crippen molar-refractivity contribution in [2.75, 3.05) is 19.5 Å². The normalized spacial score (nSPS) is 13.7. The van der Waals surface area contributed by atoms with Gasteiger partial charge in [-0.25, -0.2) is 9.97 Å². The van der Waals surface area contributed by atoms with Gasteiger partial charge in [0.2, 0.25) is 0 Å². The van der Waals surface area contributed by atoms with Crippen molar-refractivity contribution in [3.05, 3.63) is 16.0 Å². The highest BCUT2D eigenvalue weighted by molar-refractivity contribution is 9.10. The lowest BCUT2D eigenvalue weighted by atomic mass is 9.88. The first-order valence-electron chi connectivity index (χ1n) is 6.50. The number of halogens is 1. The van der Waals surface area contributed by atoms with E-state index in [0.717, 1.165) is 21.8 Å². The molecule has 0 fully saturated rings. The Bertz CT molecular complexity index is 441. The number of hydrogen-bond donors (Lipinski definition) is 1. The minimum absolute atomic E-state index is 0.0537. The van der Waals surface area contributed by atoms with Gasteiger partial charge in [-0.3, -0.25) is 0 Å². The fourth-order valence-electron chi connectivity index (χ4n) is 1.99. The predicted octanol–water partition coefficient (Wildman–Crippen LogP) is 4.14. The summed E-state index contributed by atoms with van der Waals surface area (Å²) in [7, 11) is 3.56. The van der Waals surface area contributed by atoms with E-state index in [1.807, 2.05) is 7.05 Å². The first-order chi connectivity index (χ1) is 8.72. The molecule has 0 aliphatic rings. The van der Waals surface area contributed by atoms with Crippen LogP contribution >= 0.6 is 15.9 Å². The van der Waals surface area contributed by atoms with E-state index >= 15 is 0 Å². The highest BCUT2D eigenvalue weighted by Crippen LogP contribution is 2.37. The standard InChI is InChI=1S/C14H24BrN3O/c1-8(2)10-9(15)12(16-6)18-13(17-10)11(19-7)14(3,4)5/h8,11H,1-7H3,(H,16,17,18). The molecule has 5 heteroatoms. The summed E-state index contributed by atoms with van der Waals surface area (Å²) in [5, 5.41) is 3.11. The topological polar surface area (TPSA) is 47.0 Å². The predicted molar refractivity (Wildman–Crippen MR) is 82.6 cm³/mol. The molecule has 1 unspecified atom stereocenters. The van der Waals surface area contributed by atoms with E-state index in [9.17, 15) is 0 Å². The Kier molecular flexibility index (Phi) is 5.33. The van der Waals surface area contributed by atoms with Crippen molar-refractivity contribution >= 4 is 21.7 Å². The van der Waals surface area contributed by atoms with E-state index in [0.29, 0.717) is 5.92 Å². The molecule has 1 rings (SSSR count). The van der Waals surface area contributed by atoms with E-state index in [2.05, 4.69) is 60.8 Å². The van der Waals surface area contributed by atoms with Crippen molar-refractivity contribution in [1.29, 1.82) is 0 Å². The molecule has 0 aliphatic heterocycles. The third-order valence-corrected chi connectivity index (χ3v) is 3.72. The number of nitrogens with one attached hydrogen (secondary N) is 1. The molecule has 0 aromatic carbocycles. The van der Waals surface area contributed by atoms with Crippen molar-refractivity contribution in [1.82, 2.24) is 9.97 Å². The smallest absolute Gasteiger partial charge is 0.160 e. The first-order valence-corrected chi connectivity index (χ1v) is 7.29. The number of hydrogen-bond acceptors (Lipinski definition) is 4. The lowest BCUT2D eigenvalue weighted by Crippen LogP contribution is -2.23. The van der Waals surface area contributed by atoms with Crippen LogP contribution in [0, 0.1) is 5.41 Å². The van der Waals surface area contributed by atoms with Gasteiger partial charge < -0.3 is 10.1 Å². The summed E-state index contributed by atoms with van der Waals surface area (Å²) < 4.78 is 6.54. The maximum atomic E-state index is 5.61. The molecule has 1 aromatic rings. The van der Waals surface area contributed by atoms with Crippen LogP contribution in [0.1, 0.15) is 58.2 Å². The molecule has 1 N–H and O–H groups in total. The van der Waals surface area contributed by atoms with Gasteiger partial charge in [-0.2, -0.15) is 0 Å². The molecule has 0 amide bonds. The van der Waals surface area contributed by atoms with Crippen LogP contribution in [0.2, 0.25) is 0 Å². The van der Waals surface area contributed by atoms with E-state index in [-0.39, 0.29) is 11.5 Å². The number of ether oxygens (including phenoxy) is 1. The largest absolute Gasteiger partial charge is 0.373 e. The monoisotopic (exact) mass is 329 g/mol. The van der Waals surface area contributed by atoms with Gasteiger partial charge in [-0.05, 0) is 27.3 Å². The Labute approximate surface area is 124 Å². The zero-order chi connectivity index (χ0) is 14.8. The number of nitrogens with zero attached hydrogens (tertiary/aromatic N) is 2. The Morgan fingerprint density at radius 2 is 1.79 bits per heavy atom. The highest BCUT2D eigenvalue weighted by atomic mass is 79.9. The Morgan fingerprint density at radius 1 is 1.21 bits per heavy atom. The van der Waals surface area contributed by atoms with Crippen LogP contribution < -0.4 is 5.32 Å². The fraction of sp³-hybridized carbons (Fsp3) is 0.714. The zero-order valence-corrected chi connectivity index (χ0v) is 14.4. The summed E-state index contributed by atoms with van der Waals surface area (Å²) in [5.74, 6) is 1.85. The summed E-state index contributed by atoms with van der Waals surface area (Å²) in [6, 6.07) is 0. The highest BCUT2D eigenvalue weighted by Gasteiger charge is 2.30. The third-order valence-electron chi connectivity index (χ3n) is 2.93. The average molecular weight is 330 g/mol. The second kappa shape index (κ2) is 6.18. The lowest BCUT2D eigenvalue weighted by molar-refractivity contribution is 0.00855. The second-order valence-corrected chi connectivity index (χ2v) is 6.81. The molecule has 4 nitrogen and oxygen atoms in total. The summed E-state index contributed by atoms with van der Waals surface area (Å²) in [4.78, 5) is 9.27. The summed E-state index contributed by atoms with van der Waals surface area (Å²) in [5.41, 5.74) is 0.947. The SMILES string of the molecule is CNc1nc(C(OC)C(C)(C)C)nc(C(C)C)c1Br. The molecular formula is C14H24BrN3O. The molecular weight excluding hydrogens is 306 g/mol. The molecule has 0 saturated carbocycles. The molecule has 0 radical (unpaired) electrons. The minimum atomic E-state index is -0.134. The van der Waals surface area contributed by atoms with Gasteiger partial charge in [-0.15, -0.1) is 0 Å². The van der Waals surface area contributed by atoms with E-state index < -0.39 is 0 Å². The van der Waals surface area contributed by atoms with Crippen LogP contribution in [0.5, 0.6) is 0 Å². The van der Waals surface area contributed by atoms with E-state index in [1.165, 1.54) is 0 Å². The number of rotatable bonds is 4. The van der Waals surface area contributed by atoms with Gasteiger partial charge in [0, 0.05) is 14.2 Å². The van der Waals surface area contributed by atoms with Crippen molar-refractivity contribution in [3.8, 4) is 0 Å². The van der Waals surface area contributed by atoms with Crippen LogP contribution in [0.4, 0.5) is 5.82 Å². The Morgan fingerprint density at radius 3 is 2.16 bits per heavy atom. The molecule has 1 aromatic heterocycles. The van der Waals surface area contributed by atoms with Gasteiger partial charge in [-0.1, -0.05) is 34.6 Å². The minimum Gasteiger partial charge on any atom is -0.373 e. The summed E-state index contributed by atoms with van der Waals surface area (Å²) in [6.07, 6.45) is -0.134. The van der Waals surface area contributed by atoms with Gasteiger partial charge in [0.05, 0.1) is 10.2 Å². The van der Waals surface area contributed by atoms with Gasteiger partial charge in [0.1, 0.15) is 11.9 Å².